The average molecular weight is 562 g/mol. The molecule has 3 aromatic rings. The smallest absolute Gasteiger partial charge is 0.469 e. The van der Waals surface area contributed by atoms with Gasteiger partial charge in [0.2, 0.25) is 5.88 Å². The van der Waals surface area contributed by atoms with Crippen molar-refractivity contribution in [3.63, 3.8) is 0 Å². The molecule has 1 N–H and O–H groups in total. The molecule has 8 nitrogen and oxygen atoms in total. The Morgan fingerprint density at radius 2 is 1.67 bits per heavy atom. The summed E-state index contributed by atoms with van der Waals surface area (Å²) in [7, 11) is -0.529. The van der Waals surface area contributed by atoms with Crippen LogP contribution in [0.3, 0.4) is 0 Å². The van der Waals surface area contributed by atoms with Crippen molar-refractivity contribution in [3.8, 4) is 17.1 Å². The summed E-state index contributed by atoms with van der Waals surface area (Å²) in [4.78, 5) is 4.48. The van der Waals surface area contributed by atoms with Crippen molar-refractivity contribution < 1.29 is 36.9 Å². The first-order valence-corrected chi connectivity index (χ1v) is 13.8. The highest BCUT2D eigenvalue weighted by molar-refractivity contribution is 7.93. The van der Waals surface area contributed by atoms with Crippen molar-refractivity contribution in [2.75, 3.05) is 13.2 Å². The van der Waals surface area contributed by atoms with E-state index in [0.717, 1.165) is 9.44 Å². The Morgan fingerprint density at radius 1 is 1.03 bits per heavy atom. The second-order valence-corrected chi connectivity index (χ2v) is 11.1. The van der Waals surface area contributed by atoms with E-state index in [2.05, 4.69) is 4.98 Å². The van der Waals surface area contributed by atoms with Crippen LogP contribution in [-0.4, -0.2) is 70.0 Å². The number of halogens is 2. The molecule has 210 valence electrons. The number of nitrogens with zero attached hydrogens (tertiary/aromatic N) is 2. The Bertz CT molecular complexity index is 1320. The fraction of sp³-hybridized carbons (Fsp3) is 0.519. The minimum Gasteiger partial charge on any atom is -0.469 e. The van der Waals surface area contributed by atoms with Gasteiger partial charge in [-0.15, -0.1) is 3.89 Å². The molecule has 12 heteroatoms. The molecule has 0 spiro atoms. The number of pyridine rings is 1. The normalized spacial score (nSPS) is 26.9. The quantitative estimate of drug-likeness (QED) is 0.457. The molecule has 1 unspecified atom stereocenters. The molecule has 3 fully saturated rings. The largest absolute Gasteiger partial charge is 0.494 e. The maximum atomic E-state index is 15.2. The number of rotatable bonds is 5. The molecular weight excluding hydrogens is 529 g/mol. The minimum absolute atomic E-state index is 0.107. The minimum atomic E-state index is -0.727. The highest BCUT2D eigenvalue weighted by Crippen LogP contribution is 2.38. The zero-order chi connectivity index (χ0) is 28.1. The molecule has 2 aromatic heterocycles. The van der Waals surface area contributed by atoms with Gasteiger partial charge < -0.3 is 28.6 Å². The summed E-state index contributed by atoms with van der Waals surface area (Å²) in [6.45, 7) is 12.3. The second kappa shape index (κ2) is 10.6. The van der Waals surface area contributed by atoms with E-state index in [0.29, 0.717) is 11.1 Å². The lowest BCUT2D eigenvalue weighted by molar-refractivity contribution is 0.00578. The van der Waals surface area contributed by atoms with Gasteiger partial charge >= 0.3 is 7.12 Å². The standard InChI is InChI=1S/C25H27BF2N2O6S.C2H6/c1-24(2)25(3,4)36-26(35-24)14-7-5-13(6-8-14)21-15(27)9-17-16(29-21)10-20(30(17)37-28)34-19-12-33-22-18(31)11-32-23(19)22;1-2/h5-10,18-19,22-23,31H,11-12H2,1-4H3;1-2H3/t18-,19-,22?,23-;/m1./s1. The van der Waals surface area contributed by atoms with Gasteiger partial charge in [0, 0.05) is 17.7 Å². The summed E-state index contributed by atoms with van der Waals surface area (Å²) in [6, 6.07) is 9.97. The van der Waals surface area contributed by atoms with Crippen LogP contribution in [0.5, 0.6) is 5.88 Å². The summed E-state index contributed by atoms with van der Waals surface area (Å²) in [6.07, 6.45) is -2.21. The molecule has 39 heavy (non-hydrogen) atoms. The van der Waals surface area contributed by atoms with E-state index in [1.165, 1.54) is 6.07 Å². The van der Waals surface area contributed by atoms with Crippen LogP contribution in [0.1, 0.15) is 41.5 Å². The third-order valence-corrected chi connectivity index (χ3v) is 8.21. The van der Waals surface area contributed by atoms with E-state index < -0.39 is 48.6 Å². The molecule has 0 radical (unpaired) electrons. The van der Waals surface area contributed by atoms with Gasteiger partial charge in [-0.1, -0.05) is 38.1 Å². The van der Waals surface area contributed by atoms with E-state index in [1.807, 2.05) is 53.7 Å². The fourth-order valence-corrected chi connectivity index (χ4v) is 5.27. The fourth-order valence-electron chi connectivity index (χ4n) is 4.89. The van der Waals surface area contributed by atoms with Gasteiger partial charge in [-0.3, -0.25) is 0 Å². The zero-order valence-electron chi connectivity index (χ0n) is 22.8. The number of hydrogen-bond donors (Lipinski definition) is 1. The lowest BCUT2D eigenvalue weighted by Gasteiger charge is -2.32. The maximum absolute atomic E-state index is 15.2. The average Bonchev–Trinajstić information content (AvgIpc) is 3.63. The van der Waals surface area contributed by atoms with Crippen molar-refractivity contribution >= 4 is 35.9 Å². The Balaban J connectivity index is 0.00000151. The Kier molecular flexibility index (Phi) is 7.73. The number of hydrogen-bond acceptors (Lipinski definition) is 8. The molecule has 3 saturated heterocycles. The van der Waals surface area contributed by atoms with E-state index >= 15 is 4.39 Å². The first-order valence-electron chi connectivity index (χ1n) is 13.1. The van der Waals surface area contributed by atoms with Gasteiger partial charge in [0.05, 0.1) is 35.4 Å². The summed E-state index contributed by atoms with van der Waals surface area (Å²) in [5.41, 5.74) is 1.18. The number of ether oxygens (including phenoxy) is 3. The Morgan fingerprint density at radius 3 is 2.31 bits per heavy atom. The Labute approximate surface area is 231 Å². The number of aliphatic hydroxyl groups is 1. The lowest BCUT2D eigenvalue weighted by atomic mass is 9.79. The van der Waals surface area contributed by atoms with Crippen LogP contribution in [0.4, 0.5) is 8.28 Å². The van der Waals surface area contributed by atoms with Crippen molar-refractivity contribution in [1.82, 2.24) is 8.96 Å². The van der Waals surface area contributed by atoms with Gasteiger partial charge in [-0.05, 0) is 33.2 Å². The molecule has 0 saturated carbocycles. The highest BCUT2D eigenvalue weighted by atomic mass is 32.2. The third-order valence-electron chi connectivity index (χ3n) is 7.70. The topological polar surface area (TPSA) is 84.2 Å². The van der Waals surface area contributed by atoms with Crippen LogP contribution in [0, 0.1) is 5.82 Å². The number of fused-ring (bicyclic) bond motifs is 2. The van der Waals surface area contributed by atoms with E-state index in [4.69, 9.17) is 23.5 Å². The van der Waals surface area contributed by atoms with Gasteiger partial charge in [-0.2, -0.15) is 0 Å². The van der Waals surface area contributed by atoms with Crippen LogP contribution in [0.2, 0.25) is 0 Å². The molecule has 0 amide bonds. The molecule has 3 aliphatic rings. The first-order chi connectivity index (χ1) is 18.6. The number of aliphatic hydroxyl groups excluding tert-OH is 1. The molecular formula is C27H33BF2N2O6S. The molecule has 1 aromatic carbocycles. The van der Waals surface area contributed by atoms with Crippen molar-refractivity contribution in [2.24, 2.45) is 0 Å². The van der Waals surface area contributed by atoms with Gasteiger partial charge in [0.15, 0.2) is 24.3 Å². The maximum Gasteiger partial charge on any atom is 0.494 e. The molecule has 6 rings (SSSR count). The predicted octanol–water partition coefficient (Wildman–Crippen LogP) is 4.45. The van der Waals surface area contributed by atoms with E-state index in [-0.39, 0.29) is 42.6 Å². The summed E-state index contributed by atoms with van der Waals surface area (Å²) < 4.78 is 59.6. The van der Waals surface area contributed by atoms with Crippen LogP contribution >= 0.6 is 12.3 Å². The zero-order valence-corrected chi connectivity index (χ0v) is 23.6. The van der Waals surface area contributed by atoms with Crippen molar-refractivity contribution in [3.05, 3.63) is 42.2 Å². The molecule has 5 heterocycles. The van der Waals surface area contributed by atoms with Crippen LogP contribution in [0.15, 0.2) is 36.4 Å². The monoisotopic (exact) mass is 562 g/mol. The van der Waals surface area contributed by atoms with E-state index in [9.17, 15) is 8.99 Å². The number of aromatic nitrogens is 2. The molecule has 4 atom stereocenters. The lowest BCUT2D eigenvalue weighted by Crippen LogP contribution is -2.41. The second-order valence-electron chi connectivity index (χ2n) is 10.6. The third kappa shape index (κ3) is 4.96. The van der Waals surface area contributed by atoms with Crippen LogP contribution in [0.25, 0.3) is 22.3 Å². The van der Waals surface area contributed by atoms with E-state index in [1.54, 1.807) is 18.2 Å². The number of benzene rings is 1. The summed E-state index contributed by atoms with van der Waals surface area (Å²) >= 11 is -0.107. The molecule has 0 bridgehead atoms. The highest BCUT2D eigenvalue weighted by Gasteiger charge is 2.52. The SMILES string of the molecule is CC.CC1(C)OB(c2ccc(-c3nc4cc(O[C@@H]5COC6[C@H](O)CO[C@@H]65)n(SF)c4cc3F)cc2)OC1(C)C. The predicted molar refractivity (Wildman–Crippen MR) is 146 cm³/mol. The van der Waals surface area contributed by atoms with Gasteiger partial charge in [0.25, 0.3) is 0 Å². The Hall–Kier alpha value is -2.22. The molecule has 3 aliphatic heterocycles. The van der Waals surface area contributed by atoms with Gasteiger partial charge in [-0.25, -0.2) is 13.3 Å². The van der Waals surface area contributed by atoms with Crippen LogP contribution < -0.4 is 10.2 Å². The molecule has 0 aliphatic carbocycles. The summed E-state index contributed by atoms with van der Waals surface area (Å²) in [5, 5.41) is 9.95. The van der Waals surface area contributed by atoms with Gasteiger partial charge in [0.1, 0.15) is 24.0 Å². The van der Waals surface area contributed by atoms with Crippen molar-refractivity contribution in [2.45, 2.75) is 77.2 Å². The first kappa shape index (κ1) is 28.3. The summed E-state index contributed by atoms with van der Waals surface area (Å²) in [5.74, 6) is -0.441. The van der Waals surface area contributed by atoms with Crippen LogP contribution in [-0.2, 0) is 18.8 Å². The van der Waals surface area contributed by atoms with Crippen molar-refractivity contribution in [1.29, 1.82) is 0 Å².